The van der Waals surface area contributed by atoms with E-state index in [1.54, 1.807) is 0 Å². The molecule has 1 atom stereocenters. The van der Waals surface area contributed by atoms with Crippen molar-refractivity contribution in [3.05, 3.63) is 0 Å². The standard InChI is InChI=1S/C8H17OP/c1-3-5-6-8(9)10-7-4-2/h10H,3-7H2,1-2H3. The van der Waals surface area contributed by atoms with Gasteiger partial charge in [-0.2, -0.15) is 0 Å². The predicted molar refractivity (Wildman–Crippen MR) is 48.0 cm³/mol. The Morgan fingerprint density at radius 3 is 2.50 bits per heavy atom. The van der Waals surface area contributed by atoms with Crippen molar-refractivity contribution in [3.8, 4) is 0 Å². The maximum atomic E-state index is 11.0. The van der Waals surface area contributed by atoms with E-state index in [1.807, 2.05) is 0 Å². The molecule has 10 heavy (non-hydrogen) atoms. The van der Waals surface area contributed by atoms with Gasteiger partial charge in [-0.1, -0.05) is 35.3 Å². The van der Waals surface area contributed by atoms with Crippen LogP contribution in [0.1, 0.15) is 39.5 Å². The molecule has 0 heterocycles. The first-order valence-electron chi connectivity index (χ1n) is 4.08. The van der Waals surface area contributed by atoms with E-state index in [9.17, 15) is 4.79 Å². The molecule has 0 aromatic rings. The van der Waals surface area contributed by atoms with Crippen molar-refractivity contribution < 1.29 is 4.79 Å². The molecule has 0 spiro atoms. The van der Waals surface area contributed by atoms with Gasteiger partial charge in [0, 0.05) is 6.42 Å². The summed E-state index contributed by atoms with van der Waals surface area (Å²) in [4.78, 5) is 11.0. The van der Waals surface area contributed by atoms with Gasteiger partial charge in [-0.3, -0.25) is 4.79 Å². The van der Waals surface area contributed by atoms with Crippen LogP contribution in [0.5, 0.6) is 0 Å². The van der Waals surface area contributed by atoms with Crippen LogP contribution in [-0.2, 0) is 4.79 Å². The Bertz CT molecular complexity index is 81.3. The lowest BCUT2D eigenvalue weighted by Gasteiger charge is -1.96. The summed E-state index contributed by atoms with van der Waals surface area (Å²) in [5, 5.41) is 0. The fourth-order valence-corrected chi connectivity index (χ4v) is 1.57. The number of unbranched alkanes of at least 4 members (excludes halogenated alkanes) is 1. The molecule has 0 bridgehead atoms. The minimum absolute atomic E-state index is 0.476. The maximum Gasteiger partial charge on any atom is 0.151 e. The van der Waals surface area contributed by atoms with Crippen LogP contribution in [0.4, 0.5) is 0 Å². The molecule has 0 aromatic carbocycles. The summed E-state index contributed by atoms with van der Waals surface area (Å²) in [5.74, 6) is 0. The third-order valence-corrected chi connectivity index (χ3v) is 2.72. The zero-order chi connectivity index (χ0) is 7.82. The molecule has 0 aliphatic carbocycles. The minimum Gasteiger partial charge on any atom is -0.295 e. The van der Waals surface area contributed by atoms with E-state index in [0.29, 0.717) is 14.1 Å². The summed E-state index contributed by atoms with van der Waals surface area (Å²) < 4.78 is 0. The molecule has 1 nitrogen and oxygen atoms in total. The highest BCUT2D eigenvalue weighted by molar-refractivity contribution is 7.57. The molecule has 0 fully saturated rings. The molecule has 0 amide bonds. The molecule has 0 saturated carbocycles. The number of hydrogen-bond donors (Lipinski definition) is 0. The van der Waals surface area contributed by atoms with Crippen LogP contribution in [0.2, 0.25) is 0 Å². The lowest BCUT2D eigenvalue weighted by molar-refractivity contribution is -0.111. The van der Waals surface area contributed by atoms with Crippen LogP contribution in [0.15, 0.2) is 0 Å². The van der Waals surface area contributed by atoms with Gasteiger partial charge < -0.3 is 0 Å². The highest BCUT2D eigenvalue weighted by atomic mass is 31.1. The van der Waals surface area contributed by atoms with Crippen LogP contribution in [0, 0.1) is 0 Å². The Morgan fingerprint density at radius 1 is 1.30 bits per heavy atom. The lowest BCUT2D eigenvalue weighted by Crippen LogP contribution is -1.89. The monoisotopic (exact) mass is 160 g/mol. The first-order valence-corrected chi connectivity index (χ1v) is 5.28. The zero-order valence-corrected chi connectivity index (χ0v) is 7.94. The molecular formula is C8H17OP. The normalized spacial score (nSPS) is 11.0. The Morgan fingerprint density at radius 2 is 2.00 bits per heavy atom. The van der Waals surface area contributed by atoms with E-state index in [-0.39, 0.29) is 0 Å². The summed E-state index contributed by atoms with van der Waals surface area (Å²) >= 11 is 0. The molecule has 0 aromatic heterocycles. The first kappa shape index (κ1) is 10.1. The van der Waals surface area contributed by atoms with Crippen LogP contribution in [-0.4, -0.2) is 11.7 Å². The number of carbonyl (C=O) groups is 1. The molecule has 2 heteroatoms. The van der Waals surface area contributed by atoms with Gasteiger partial charge in [-0.15, -0.1) is 0 Å². The van der Waals surface area contributed by atoms with Gasteiger partial charge in [-0.05, 0) is 12.6 Å². The maximum absolute atomic E-state index is 11.0. The fourth-order valence-electron chi connectivity index (χ4n) is 0.690. The van der Waals surface area contributed by atoms with Crippen molar-refractivity contribution in [1.82, 2.24) is 0 Å². The quantitative estimate of drug-likeness (QED) is 0.546. The smallest absolute Gasteiger partial charge is 0.151 e. The van der Waals surface area contributed by atoms with E-state index < -0.39 is 0 Å². The van der Waals surface area contributed by atoms with Crippen LogP contribution in [0.25, 0.3) is 0 Å². The Hall–Kier alpha value is 0.100. The number of carbonyl (C=O) groups excluding carboxylic acids is 1. The minimum atomic E-state index is 0.476. The summed E-state index contributed by atoms with van der Waals surface area (Å²) in [7, 11) is 0.577. The SMILES string of the molecule is CCCCC(=O)PCCC. The lowest BCUT2D eigenvalue weighted by atomic mass is 10.3. The molecular weight excluding hydrogens is 143 g/mol. The van der Waals surface area contributed by atoms with E-state index in [1.165, 1.54) is 0 Å². The van der Waals surface area contributed by atoms with Crippen molar-refractivity contribution in [2.45, 2.75) is 39.5 Å². The molecule has 0 N–H and O–H groups in total. The largest absolute Gasteiger partial charge is 0.295 e. The van der Waals surface area contributed by atoms with Gasteiger partial charge in [0.25, 0.3) is 0 Å². The highest BCUT2D eigenvalue weighted by Gasteiger charge is 1.97. The second kappa shape index (κ2) is 7.21. The van der Waals surface area contributed by atoms with Crippen LogP contribution < -0.4 is 0 Å². The third-order valence-electron chi connectivity index (χ3n) is 1.33. The highest BCUT2D eigenvalue weighted by Crippen LogP contribution is 2.16. The summed E-state index contributed by atoms with van der Waals surface area (Å²) in [5.41, 5.74) is 0.476. The Labute approximate surface area is 65.4 Å². The van der Waals surface area contributed by atoms with Gasteiger partial charge in [-0.25, -0.2) is 0 Å². The molecule has 0 saturated heterocycles. The van der Waals surface area contributed by atoms with E-state index in [0.717, 1.165) is 31.8 Å². The van der Waals surface area contributed by atoms with E-state index >= 15 is 0 Å². The summed E-state index contributed by atoms with van der Waals surface area (Å²) in [6, 6.07) is 0. The fraction of sp³-hybridized carbons (Fsp3) is 0.875. The number of hydrogen-bond acceptors (Lipinski definition) is 1. The van der Waals surface area contributed by atoms with Gasteiger partial charge in [0.05, 0.1) is 0 Å². The van der Waals surface area contributed by atoms with Crippen molar-refractivity contribution in [2.24, 2.45) is 0 Å². The Balaban J connectivity index is 3.09. The molecule has 1 unspecified atom stereocenters. The second-order valence-corrected chi connectivity index (χ2v) is 3.86. The number of rotatable bonds is 6. The van der Waals surface area contributed by atoms with Crippen molar-refractivity contribution in [2.75, 3.05) is 6.16 Å². The van der Waals surface area contributed by atoms with E-state index in [2.05, 4.69) is 13.8 Å². The third kappa shape index (κ3) is 6.22. The molecule has 0 aliphatic rings. The zero-order valence-electron chi connectivity index (χ0n) is 6.94. The van der Waals surface area contributed by atoms with Crippen molar-refractivity contribution in [1.29, 1.82) is 0 Å². The molecule has 60 valence electrons. The van der Waals surface area contributed by atoms with Crippen LogP contribution >= 0.6 is 8.58 Å². The predicted octanol–water partition coefficient (Wildman–Crippen LogP) is 2.79. The second-order valence-electron chi connectivity index (χ2n) is 2.45. The van der Waals surface area contributed by atoms with Crippen molar-refractivity contribution in [3.63, 3.8) is 0 Å². The Kier molecular flexibility index (Phi) is 7.28. The van der Waals surface area contributed by atoms with E-state index in [4.69, 9.17) is 0 Å². The summed E-state index contributed by atoms with van der Waals surface area (Å²) in [6.07, 6.45) is 5.28. The average Bonchev–Trinajstić information content (AvgIpc) is 1.97. The van der Waals surface area contributed by atoms with Gasteiger partial charge in [0.1, 0.15) is 0 Å². The van der Waals surface area contributed by atoms with Crippen LogP contribution in [0.3, 0.4) is 0 Å². The first-order chi connectivity index (χ1) is 4.81. The van der Waals surface area contributed by atoms with Gasteiger partial charge >= 0.3 is 0 Å². The average molecular weight is 160 g/mol. The van der Waals surface area contributed by atoms with Crippen molar-refractivity contribution >= 4 is 14.1 Å². The molecule has 0 rings (SSSR count). The van der Waals surface area contributed by atoms with Gasteiger partial charge in [0.2, 0.25) is 0 Å². The topological polar surface area (TPSA) is 17.1 Å². The molecule has 0 aliphatic heterocycles. The van der Waals surface area contributed by atoms with Gasteiger partial charge in [0.15, 0.2) is 5.52 Å². The summed E-state index contributed by atoms with van der Waals surface area (Å²) in [6.45, 7) is 4.25. The molecule has 0 radical (unpaired) electrons.